The van der Waals surface area contributed by atoms with Crippen molar-refractivity contribution in [2.24, 2.45) is 0 Å². The lowest BCUT2D eigenvalue weighted by atomic mass is 9.93. The third kappa shape index (κ3) is 3.59. The van der Waals surface area contributed by atoms with Crippen LogP contribution in [-0.2, 0) is 0 Å². The summed E-state index contributed by atoms with van der Waals surface area (Å²) in [5, 5.41) is 16.4. The molecule has 0 spiro atoms. The molecule has 0 radical (unpaired) electrons. The first-order valence-corrected chi connectivity index (χ1v) is 9.37. The average Bonchev–Trinajstić information content (AvgIpc) is 3.43. The quantitative estimate of drug-likeness (QED) is 0.695. The van der Waals surface area contributed by atoms with Gasteiger partial charge in [-0.05, 0) is 30.2 Å². The van der Waals surface area contributed by atoms with Gasteiger partial charge in [-0.15, -0.1) is 0 Å². The highest BCUT2D eigenvalue weighted by molar-refractivity contribution is 6.00. The zero-order valence-electron chi connectivity index (χ0n) is 16.0. The van der Waals surface area contributed by atoms with Crippen molar-refractivity contribution >= 4 is 11.9 Å². The van der Waals surface area contributed by atoms with E-state index in [1.165, 1.54) is 6.20 Å². The van der Waals surface area contributed by atoms with Crippen molar-refractivity contribution in [2.45, 2.75) is 12.3 Å². The Morgan fingerprint density at radius 1 is 1.17 bits per heavy atom. The van der Waals surface area contributed by atoms with Crippen LogP contribution in [0, 0.1) is 0 Å². The minimum atomic E-state index is -0.944. The van der Waals surface area contributed by atoms with Gasteiger partial charge in [0.15, 0.2) is 0 Å². The molecule has 1 aliphatic heterocycles. The molecule has 1 aromatic heterocycles. The second kappa shape index (κ2) is 7.79. The zero-order valence-corrected chi connectivity index (χ0v) is 16.0. The number of rotatable bonds is 5. The lowest BCUT2D eigenvalue weighted by Gasteiger charge is -2.17. The SMILES string of the molecule is COc1cccc(-c2[nH]ncc2C(=O)N2CC[C@@H](c3ccccc3C(=O)O)C2)c1. The van der Waals surface area contributed by atoms with Gasteiger partial charge in [-0.1, -0.05) is 30.3 Å². The molecule has 0 aliphatic carbocycles. The number of H-pyrrole nitrogens is 1. The minimum absolute atomic E-state index is 0.00146. The lowest BCUT2D eigenvalue weighted by Crippen LogP contribution is -2.28. The fourth-order valence-electron chi connectivity index (χ4n) is 3.86. The van der Waals surface area contributed by atoms with Crippen LogP contribution in [0.15, 0.2) is 54.7 Å². The predicted octanol–water partition coefficient (Wildman–Crippen LogP) is 3.41. The highest BCUT2D eigenvalue weighted by Crippen LogP contribution is 2.32. The Morgan fingerprint density at radius 3 is 2.79 bits per heavy atom. The normalized spacial score (nSPS) is 16.0. The maximum atomic E-state index is 13.2. The number of carboxylic acid groups (broad SMARTS) is 1. The molecular formula is C22H21N3O4. The molecule has 1 fully saturated rings. The van der Waals surface area contributed by atoms with Crippen molar-refractivity contribution in [2.75, 3.05) is 20.2 Å². The predicted molar refractivity (Wildman–Crippen MR) is 107 cm³/mol. The Bertz CT molecular complexity index is 1060. The van der Waals surface area contributed by atoms with E-state index in [9.17, 15) is 14.7 Å². The van der Waals surface area contributed by atoms with Gasteiger partial charge in [-0.2, -0.15) is 5.10 Å². The molecule has 3 aromatic rings. The fraction of sp³-hybridized carbons (Fsp3) is 0.227. The van der Waals surface area contributed by atoms with E-state index in [0.717, 1.165) is 17.5 Å². The highest BCUT2D eigenvalue weighted by atomic mass is 16.5. The van der Waals surface area contributed by atoms with Crippen molar-refractivity contribution in [1.82, 2.24) is 15.1 Å². The van der Waals surface area contributed by atoms with Crippen LogP contribution in [0.2, 0.25) is 0 Å². The molecular weight excluding hydrogens is 370 g/mol. The van der Waals surface area contributed by atoms with Crippen LogP contribution >= 0.6 is 0 Å². The average molecular weight is 391 g/mol. The molecule has 2 N–H and O–H groups in total. The molecule has 1 saturated heterocycles. The number of aromatic amines is 1. The summed E-state index contributed by atoms with van der Waals surface area (Å²) in [6.45, 7) is 1.05. The number of hydrogen-bond donors (Lipinski definition) is 2. The molecule has 1 amide bonds. The van der Waals surface area contributed by atoms with E-state index in [0.29, 0.717) is 35.7 Å². The van der Waals surface area contributed by atoms with Crippen LogP contribution in [0.1, 0.15) is 38.6 Å². The van der Waals surface area contributed by atoms with Crippen LogP contribution in [0.3, 0.4) is 0 Å². The number of carbonyl (C=O) groups is 2. The topological polar surface area (TPSA) is 95.5 Å². The van der Waals surface area contributed by atoms with Crippen molar-refractivity contribution in [3.63, 3.8) is 0 Å². The van der Waals surface area contributed by atoms with E-state index < -0.39 is 5.97 Å². The molecule has 4 rings (SSSR count). The van der Waals surface area contributed by atoms with Crippen LogP contribution < -0.4 is 4.74 Å². The second-order valence-electron chi connectivity index (χ2n) is 7.02. The number of benzene rings is 2. The lowest BCUT2D eigenvalue weighted by molar-refractivity contribution is 0.0695. The van der Waals surface area contributed by atoms with E-state index in [1.807, 2.05) is 36.4 Å². The van der Waals surface area contributed by atoms with Gasteiger partial charge in [0.25, 0.3) is 5.91 Å². The maximum absolute atomic E-state index is 13.2. The van der Waals surface area contributed by atoms with E-state index in [-0.39, 0.29) is 11.8 Å². The first-order valence-electron chi connectivity index (χ1n) is 9.37. The molecule has 0 unspecified atom stereocenters. The minimum Gasteiger partial charge on any atom is -0.497 e. The van der Waals surface area contributed by atoms with Gasteiger partial charge in [0.05, 0.1) is 30.1 Å². The summed E-state index contributed by atoms with van der Waals surface area (Å²) < 4.78 is 5.27. The van der Waals surface area contributed by atoms with Crippen LogP contribution in [-0.4, -0.2) is 52.3 Å². The Kier molecular flexibility index (Phi) is 5.03. The summed E-state index contributed by atoms with van der Waals surface area (Å²) in [6, 6.07) is 14.4. The Balaban J connectivity index is 1.57. The number of methoxy groups -OCH3 is 1. The van der Waals surface area contributed by atoms with Crippen LogP contribution in [0.25, 0.3) is 11.3 Å². The summed E-state index contributed by atoms with van der Waals surface area (Å²) in [6.07, 6.45) is 2.26. The number of nitrogens with zero attached hydrogens (tertiary/aromatic N) is 2. The van der Waals surface area contributed by atoms with Gasteiger partial charge in [-0.25, -0.2) is 4.79 Å². The molecule has 0 bridgehead atoms. The molecule has 2 heterocycles. The number of amides is 1. The van der Waals surface area contributed by atoms with Gasteiger partial charge in [0.1, 0.15) is 5.75 Å². The largest absolute Gasteiger partial charge is 0.497 e. The monoisotopic (exact) mass is 391 g/mol. The number of hydrogen-bond acceptors (Lipinski definition) is 4. The number of carbonyl (C=O) groups excluding carboxylic acids is 1. The molecule has 1 atom stereocenters. The molecule has 0 saturated carbocycles. The molecule has 1 aliphatic rings. The summed E-state index contributed by atoms with van der Waals surface area (Å²) in [4.78, 5) is 26.5. The van der Waals surface area contributed by atoms with E-state index in [2.05, 4.69) is 10.2 Å². The second-order valence-corrected chi connectivity index (χ2v) is 7.02. The van der Waals surface area contributed by atoms with Crippen molar-refractivity contribution in [3.8, 4) is 17.0 Å². The maximum Gasteiger partial charge on any atom is 0.335 e. The standard InChI is InChI=1S/C22H21N3O4/c1-29-16-6-4-5-14(11-16)20-19(12-23-24-20)21(26)25-10-9-15(13-25)17-7-2-3-8-18(17)22(27)28/h2-8,11-12,15H,9-10,13H2,1H3,(H,23,24)(H,27,28)/t15-/m1/s1. The van der Waals surface area contributed by atoms with Crippen molar-refractivity contribution in [1.29, 1.82) is 0 Å². The molecule has 148 valence electrons. The number of ether oxygens (including phenoxy) is 1. The zero-order chi connectivity index (χ0) is 20.4. The Labute approximate surface area is 167 Å². The number of likely N-dealkylation sites (tertiary alicyclic amines) is 1. The molecule has 29 heavy (non-hydrogen) atoms. The Morgan fingerprint density at radius 2 is 2.00 bits per heavy atom. The molecule has 7 heteroatoms. The summed E-state index contributed by atoms with van der Waals surface area (Å²) in [5.74, 6) is -0.368. The van der Waals surface area contributed by atoms with Gasteiger partial charge in [-0.3, -0.25) is 9.89 Å². The van der Waals surface area contributed by atoms with Crippen LogP contribution in [0.4, 0.5) is 0 Å². The fourth-order valence-corrected chi connectivity index (χ4v) is 3.86. The smallest absolute Gasteiger partial charge is 0.335 e. The van der Waals surface area contributed by atoms with E-state index in [4.69, 9.17) is 4.74 Å². The Hall–Kier alpha value is -3.61. The van der Waals surface area contributed by atoms with E-state index >= 15 is 0 Å². The summed E-state index contributed by atoms with van der Waals surface area (Å²) in [5.41, 5.74) is 3.02. The van der Waals surface area contributed by atoms with Crippen molar-refractivity contribution < 1.29 is 19.4 Å². The number of aromatic nitrogens is 2. The van der Waals surface area contributed by atoms with Gasteiger partial charge >= 0.3 is 5.97 Å². The van der Waals surface area contributed by atoms with Crippen molar-refractivity contribution in [3.05, 3.63) is 71.4 Å². The van der Waals surface area contributed by atoms with E-state index in [1.54, 1.807) is 24.1 Å². The van der Waals surface area contributed by atoms with Gasteiger partial charge in [0.2, 0.25) is 0 Å². The van der Waals surface area contributed by atoms with Crippen LogP contribution in [0.5, 0.6) is 5.75 Å². The third-order valence-electron chi connectivity index (χ3n) is 5.33. The number of carboxylic acids is 1. The number of aromatic carboxylic acids is 1. The molecule has 2 aromatic carbocycles. The number of nitrogens with one attached hydrogen (secondary N) is 1. The van der Waals surface area contributed by atoms with Gasteiger partial charge in [0, 0.05) is 24.6 Å². The highest BCUT2D eigenvalue weighted by Gasteiger charge is 2.31. The summed E-state index contributed by atoms with van der Waals surface area (Å²) in [7, 11) is 1.59. The van der Waals surface area contributed by atoms with Gasteiger partial charge < -0.3 is 14.7 Å². The molecule has 7 nitrogen and oxygen atoms in total. The first-order chi connectivity index (χ1) is 14.1. The summed E-state index contributed by atoms with van der Waals surface area (Å²) >= 11 is 0. The third-order valence-corrected chi connectivity index (χ3v) is 5.33. The first kappa shape index (κ1) is 18.7.